The molecule has 0 aliphatic heterocycles. The normalized spacial score (nSPS) is 10.5. The van der Waals surface area contributed by atoms with Gasteiger partial charge in [0.1, 0.15) is 12.4 Å². The predicted molar refractivity (Wildman–Crippen MR) is 73.7 cm³/mol. The largest absolute Gasteiger partial charge is 0.486 e. The maximum atomic E-state index is 9.20. The zero-order valence-corrected chi connectivity index (χ0v) is 12.0. The number of rotatable bonds is 4. The summed E-state index contributed by atoms with van der Waals surface area (Å²) in [7, 11) is 0. The number of benzene rings is 1. The third-order valence-electron chi connectivity index (χ3n) is 2.20. The van der Waals surface area contributed by atoms with Crippen LogP contribution in [-0.2, 0) is 13.2 Å². The van der Waals surface area contributed by atoms with Crippen LogP contribution in [0.25, 0.3) is 0 Å². The molecule has 2 rings (SSSR count). The summed E-state index contributed by atoms with van der Waals surface area (Å²) in [6, 6.07) is 7.34. The Bertz CT molecular complexity index is 513. The summed E-state index contributed by atoms with van der Waals surface area (Å²) in [6.45, 7) is 0.372. The number of ether oxygens (including phenoxy) is 1. The van der Waals surface area contributed by atoms with E-state index >= 15 is 0 Å². The summed E-state index contributed by atoms with van der Waals surface area (Å²) in [6.07, 6.45) is 0. The Balaban J connectivity index is 2.13. The van der Waals surface area contributed by atoms with Crippen molar-refractivity contribution < 1.29 is 9.84 Å². The molecule has 0 saturated heterocycles. The van der Waals surface area contributed by atoms with Crippen LogP contribution in [0.2, 0.25) is 5.02 Å². The fraction of sp³-hybridized carbons (Fsp3) is 0.167. The minimum Gasteiger partial charge on any atom is -0.486 e. The number of hydrogen-bond donors (Lipinski definition) is 1. The molecule has 5 heteroatoms. The number of hydrogen-bond acceptors (Lipinski definition) is 3. The third-order valence-corrected chi connectivity index (χ3v) is 4.17. The first-order valence-corrected chi connectivity index (χ1v) is 6.99. The summed E-state index contributed by atoms with van der Waals surface area (Å²) in [5.74, 6) is 0.557. The number of halogens is 2. The molecule has 1 aromatic heterocycles. The average molecular weight is 334 g/mol. The van der Waals surface area contributed by atoms with E-state index in [4.69, 9.17) is 16.3 Å². The smallest absolute Gasteiger partial charge is 0.143 e. The minimum atomic E-state index is -0.0793. The van der Waals surface area contributed by atoms with Gasteiger partial charge in [-0.2, -0.15) is 0 Å². The Kier molecular flexibility index (Phi) is 4.45. The maximum absolute atomic E-state index is 9.20. The fourth-order valence-electron chi connectivity index (χ4n) is 1.41. The van der Waals surface area contributed by atoms with Gasteiger partial charge < -0.3 is 9.84 Å². The van der Waals surface area contributed by atoms with E-state index in [0.29, 0.717) is 22.9 Å². The van der Waals surface area contributed by atoms with E-state index in [0.717, 1.165) is 9.35 Å². The van der Waals surface area contributed by atoms with Crippen LogP contribution in [0.1, 0.15) is 10.4 Å². The Morgan fingerprint density at radius 1 is 1.41 bits per heavy atom. The van der Waals surface area contributed by atoms with E-state index in [-0.39, 0.29) is 6.61 Å². The van der Waals surface area contributed by atoms with Crippen LogP contribution in [0, 0.1) is 0 Å². The molecule has 0 bridgehead atoms. The molecule has 90 valence electrons. The molecular weight excluding hydrogens is 324 g/mol. The second-order valence-corrected chi connectivity index (χ2v) is 5.72. The molecule has 0 aliphatic carbocycles. The highest BCUT2D eigenvalue weighted by Crippen LogP contribution is 2.30. The van der Waals surface area contributed by atoms with Crippen LogP contribution in [-0.4, -0.2) is 5.11 Å². The monoisotopic (exact) mass is 332 g/mol. The molecular formula is C12H10BrClO2S. The molecule has 0 aliphatic rings. The number of aliphatic hydroxyl groups is 1. The number of thiophene rings is 1. The number of aliphatic hydroxyl groups excluding tert-OH is 1. The Morgan fingerprint density at radius 2 is 2.24 bits per heavy atom. The highest BCUT2D eigenvalue weighted by molar-refractivity contribution is 9.10. The molecule has 1 heterocycles. The molecule has 1 N–H and O–H groups in total. The second kappa shape index (κ2) is 5.87. The van der Waals surface area contributed by atoms with Crippen molar-refractivity contribution in [3.05, 3.63) is 49.6 Å². The highest BCUT2D eigenvalue weighted by Gasteiger charge is 2.08. The van der Waals surface area contributed by atoms with E-state index in [1.807, 2.05) is 11.4 Å². The first-order chi connectivity index (χ1) is 8.20. The molecule has 0 atom stereocenters. The van der Waals surface area contributed by atoms with Crippen LogP contribution in [0.4, 0.5) is 0 Å². The SMILES string of the molecule is OCc1cccc(Cl)c1OCc1cc(Br)cs1. The van der Waals surface area contributed by atoms with Gasteiger partial charge in [0.15, 0.2) is 0 Å². The molecule has 2 nitrogen and oxygen atoms in total. The summed E-state index contributed by atoms with van der Waals surface area (Å²) >= 11 is 11.0. The number of para-hydroxylation sites is 1. The van der Waals surface area contributed by atoms with Gasteiger partial charge in [0.2, 0.25) is 0 Å². The molecule has 2 aromatic rings. The van der Waals surface area contributed by atoms with Crippen LogP contribution >= 0.6 is 38.9 Å². The topological polar surface area (TPSA) is 29.5 Å². The van der Waals surface area contributed by atoms with Gasteiger partial charge in [0, 0.05) is 20.3 Å². The zero-order chi connectivity index (χ0) is 12.3. The Hall–Kier alpha value is -0.550. The van der Waals surface area contributed by atoms with Crippen molar-refractivity contribution in [1.82, 2.24) is 0 Å². The fourth-order valence-corrected chi connectivity index (χ4v) is 3.02. The zero-order valence-electron chi connectivity index (χ0n) is 8.82. The second-order valence-electron chi connectivity index (χ2n) is 3.41. The third kappa shape index (κ3) is 3.22. The van der Waals surface area contributed by atoms with Gasteiger partial charge in [-0.1, -0.05) is 23.7 Å². The molecule has 0 unspecified atom stereocenters. The minimum absolute atomic E-state index is 0.0793. The van der Waals surface area contributed by atoms with E-state index < -0.39 is 0 Å². The summed E-state index contributed by atoms with van der Waals surface area (Å²) in [5, 5.41) is 11.7. The van der Waals surface area contributed by atoms with Crippen molar-refractivity contribution in [2.45, 2.75) is 13.2 Å². The lowest BCUT2D eigenvalue weighted by Gasteiger charge is -2.10. The van der Waals surface area contributed by atoms with Gasteiger partial charge in [-0.3, -0.25) is 0 Å². The van der Waals surface area contributed by atoms with E-state index in [1.54, 1.807) is 29.5 Å². The molecule has 0 amide bonds. The maximum Gasteiger partial charge on any atom is 0.143 e. The Morgan fingerprint density at radius 3 is 2.88 bits per heavy atom. The van der Waals surface area contributed by atoms with Crippen LogP contribution in [0.15, 0.2) is 34.1 Å². The van der Waals surface area contributed by atoms with Crippen LogP contribution in [0.5, 0.6) is 5.75 Å². The average Bonchev–Trinajstić information content (AvgIpc) is 2.73. The molecule has 0 radical (unpaired) electrons. The van der Waals surface area contributed by atoms with Crippen LogP contribution < -0.4 is 4.74 Å². The van der Waals surface area contributed by atoms with Gasteiger partial charge in [0.25, 0.3) is 0 Å². The van der Waals surface area contributed by atoms with Gasteiger partial charge in [-0.25, -0.2) is 0 Å². The standard InChI is InChI=1S/C12H10BrClO2S/c13-9-4-10(17-7-9)6-16-12-8(5-15)2-1-3-11(12)14/h1-4,7,15H,5-6H2. The van der Waals surface area contributed by atoms with Gasteiger partial charge in [-0.05, 0) is 28.1 Å². The summed E-state index contributed by atoms with van der Waals surface area (Å²) in [5.41, 5.74) is 0.702. The highest BCUT2D eigenvalue weighted by atomic mass is 79.9. The van der Waals surface area contributed by atoms with Crippen molar-refractivity contribution in [2.24, 2.45) is 0 Å². The quantitative estimate of drug-likeness (QED) is 0.907. The van der Waals surface area contributed by atoms with E-state index in [1.165, 1.54) is 0 Å². The molecule has 17 heavy (non-hydrogen) atoms. The lowest BCUT2D eigenvalue weighted by molar-refractivity contribution is 0.260. The molecule has 0 saturated carbocycles. The van der Waals surface area contributed by atoms with Gasteiger partial charge >= 0.3 is 0 Å². The molecule has 1 aromatic carbocycles. The van der Waals surface area contributed by atoms with Gasteiger partial charge in [0.05, 0.1) is 11.6 Å². The van der Waals surface area contributed by atoms with Crippen molar-refractivity contribution >= 4 is 38.9 Å². The first-order valence-electron chi connectivity index (χ1n) is 4.94. The van der Waals surface area contributed by atoms with Gasteiger partial charge in [-0.15, -0.1) is 11.3 Å². The van der Waals surface area contributed by atoms with E-state index in [9.17, 15) is 5.11 Å². The Labute approximate surface area is 117 Å². The molecule has 0 spiro atoms. The van der Waals surface area contributed by atoms with E-state index in [2.05, 4.69) is 15.9 Å². The van der Waals surface area contributed by atoms with Crippen molar-refractivity contribution in [1.29, 1.82) is 0 Å². The first kappa shape index (κ1) is 12.9. The lowest BCUT2D eigenvalue weighted by atomic mass is 10.2. The van der Waals surface area contributed by atoms with Crippen molar-refractivity contribution in [3.8, 4) is 5.75 Å². The predicted octanol–water partition coefficient (Wildman–Crippen LogP) is 4.24. The van der Waals surface area contributed by atoms with Crippen molar-refractivity contribution in [3.63, 3.8) is 0 Å². The van der Waals surface area contributed by atoms with Crippen LogP contribution in [0.3, 0.4) is 0 Å². The lowest BCUT2D eigenvalue weighted by Crippen LogP contribution is -1.98. The summed E-state index contributed by atoms with van der Waals surface area (Å²) in [4.78, 5) is 1.10. The summed E-state index contributed by atoms with van der Waals surface area (Å²) < 4.78 is 6.70. The molecule has 0 fully saturated rings. The van der Waals surface area contributed by atoms with Crippen molar-refractivity contribution in [2.75, 3.05) is 0 Å².